The van der Waals surface area contributed by atoms with E-state index in [0.717, 1.165) is 50.4 Å². The number of H-pyrrole nitrogens is 1. The van der Waals surface area contributed by atoms with Crippen molar-refractivity contribution in [3.8, 4) is 11.4 Å². The highest BCUT2D eigenvalue weighted by Gasteiger charge is 2.15. The van der Waals surface area contributed by atoms with Crippen LogP contribution in [0.1, 0.15) is 21.6 Å². The van der Waals surface area contributed by atoms with Gasteiger partial charge in [-0.05, 0) is 67.9 Å². The van der Waals surface area contributed by atoms with Crippen LogP contribution in [0.4, 0.5) is 23.1 Å². The zero-order valence-electron chi connectivity index (χ0n) is 22.0. The van der Waals surface area contributed by atoms with Crippen LogP contribution in [0.3, 0.4) is 0 Å². The van der Waals surface area contributed by atoms with Crippen LogP contribution < -0.4 is 16.0 Å². The number of imidazole rings is 1. The first kappa shape index (κ1) is 24.1. The Kier molecular flexibility index (Phi) is 5.72. The summed E-state index contributed by atoms with van der Waals surface area (Å²) in [5.41, 5.74) is 13.0. The number of hydrogen-bond acceptors (Lipinski definition) is 7. The smallest absolute Gasteiger partial charge is 0.250 e. The van der Waals surface area contributed by atoms with Crippen LogP contribution in [0, 0.1) is 13.8 Å². The summed E-state index contributed by atoms with van der Waals surface area (Å²) in [6.07, 6.45) is 1.73. The Morgan fingerprint density at radius 1 is 1.05 bits per heavy atom. The molecule has 0 bridgehead atoms. The maximum absolute atomic E-state index is 11.9. The molecule has 3 aromatic heterocycles. The molecule has 10 heteroatoms. The van der Waals surface area contributed by atoms with E-state index in [1.807, 2.05) is 60.9 Å². The molecular weight excluding hydrogens is 490 g/mol. The van der Waals surface area contributed by atoms with Crippen LogP contribution in [-0.2, 0) is 7.05 Å². The van der Waals surface area contributed by atoms with Crippen molar-refractivity contribution in [3.05, 3.63) is 83.7 Å². The van der Waals surface area contributed by atoms with Crippen LogP contribution in [0.2, 0.25) is 0 Å². The zero-order valence-corrected chi connectivity index (χ0v) is 22.0. The third kappa shape index (κ3) is 4.31. The van der Waals surface area contributed by atoms with E-state index in [1.54, 1.807) is 18.3 Å². The van der Waals surface area contributed by atoms with E-state index in [9.17, 15) is 4.79 Å². The highest BCUT2D eigenvalue weighted by Crippen LogP contribution is 2.30. The molecule has 39 heavy (non-hydrogen) atoms. The first-order valence-electron chi connectivity index (χ1n) is 12.4. The van der Waals surface area contributed by atoms with Crippen LogP contribution >= 0.6 is 0 Å². The number of aromatic nitrogens is 6. The number of nitrogens with one attached hydrogen (secondary N) is 2. The van der Waals surface area contributed by atoms with Gasteiger partial charge in [0.05, 0.1) is 16.6 Å². The largest absolute Gasteiger partial charge is 0.366 e. The van der Waals surface area contributed by atoms with E-state index in [4.69, 9.17) is 10.7 Å². The number of carbonyl (C=O) groups excluding carboxylic acids is 1. The van der Waals surface area contributed by atoms with Gasteiger partial charge >= 0.3 is 0 Å². The molecule has 0 radical (unpaired) electrons. The Balaban J connectivity index is 1.29. The second-order valence-electron chi connectivity index (χ2n) is 9.51. The van der Waals surface area contributed by atoms with Gasteiger partial charge in [-0.15, -0.1) is 0 Å². The predicted octanol–water partition coefficient (Wildman–Crippen LogP) is 5.13. The summed E-state index contributed by atoms with van der Waals surface area (Å²) in [7, 11) is 3.92. The zero-order chi connectivity index (χ0) is 27.3. The summed E-state index contributed by atoms with van der Waals surface area (Å²) >= 11 is 0. The lowest BCUT2D eigenvalue weighted by Crippen LogP contribution is -2.12. The molecule has 3 aromatic carbocycles. The van der Waals surface area contributed by atoms with Crippen molar-refractivity contribution in [2.24, 2.45) is 12.8 Å². The summed E-state index contributed by atoms with van der Waals surface area (Å²) < 4.78 is 1.89. The molecule has 0 fully saturated rings. The molecule has 10 nitrogen and oxygen atoms in total. The van der Waals surface area contributed by atoms with E-state index in [-0.39, 0.29) is 0 Å². The summed E-state index contributed by atoms with van der Waals surface area (Å²) in [6.45, 7) is 4.07. The van der Waals surface area contributed by atoms with Gasteiger partial charge in [0.25, 0.3) is 5.91 Å². The average Bonchev–Trinajstić information content (AvgIpc) is 3.49. The van der Waals surface area contributed by atoms with E-state index in [1.165, 1.54) is 0 Å². The number of nitrogens with two attached hydrogens (primary N) is 1. The normalized spacial score (nSPS) is 11.3. The van der Waals surface area contributed by atoms with Gasteiger partial charge in [0.1, 0.15) is 17.2 Å². The quantitative estimate of drug-likeness (QED) is 0.279. The van der Waals surface area contributed by atoms with Crippen LogP contribution in [0.5, 0.6) is 0 Å². The molecule has 6 aromatic rings. The molecule has 0 unspecified atom stereocenters. The highest BCUT2D eigenvalue weighted by molar-refractivity contribution is 6.04. The molecule has 0 spiro atoms. The third-order valence-electron chi connectivity index (χ3n) is 7.01. The van der Waals surface area contributed by atoms with Crippen molar-refractivity contribution in [1.82, 2.24) is 29.7 Å². The minimum absolute atomic E-state index is 0.383. The molecule has 0 saturated carbocycles. The number of fused-ring (bicyclic) bond motifs is 2. The first-order valence-corrected chi connectivity index (χ1v) is 12.4. The maximum Gasteiger partial charge on any atom is 0.250 e. The third-order valence-corrected chi connectivity index (χ3v) is 7.01. The number of aromatic amines is 1. The van der Waals surface area contributed by atoms with Gasteiger partial charge < -0.3 is 20.9 Å². The number of hydrogen-bond donors (Lipinski definition) is 3. The number of para-hydroxylation sites is 1. The van der Waals surface area contributed by atoms with Crippen LogP contribution in [-0.4, -0.2) is 42.7 Å². The molecule has 0 aliphatic rings. The lowest BCUT2D eigenvalue weighted by Gasteiger charge is -2.19. The van der Waals surface area contributed by atoms with Gasteiger partial charge in [0.2, 0.25) is 5.95 Å². The van der Waals surface area contributed by atoms with Crippen molar-refractivity contribution in [2.45, 2.75) is 13.8 Å². The van der Waals surface area contributed by atoms with E-state index >= 15 is 0 Å². The molecular formula is C29H27N9O. The molecule has 4 N–H and O–H groups in total. The van der Waals surface area contributed by atoms with E-state index < -0.39 is 5.91 Å². The number of aryl methyl sites for hydroxylation is 3. The molecule has 0 aliphatic carbocycles. The predicted molar refractivity (Wildman–Crippen MR) is 154 cm³/mol. The van der Waals surface area contributed by atoms with Crippen molar-refractivity contribution < 1.29 is 4.79 Å². The fourth-order valence-corrected chi connectivity index (χ4v) is 4.70. The Bertz CT molecular complexity index is 1890. The van der Waals surface area contributed by atoms with Gasteiger partial charge in [0, 0.05) is 48.3 Å². The summed E-state index contributed by atoms with van der Waals surface area (Å²) in [6, 6.07) is 19.4. The SMILES string of the molecule is Cc1ccc(Nc2nccc(N(C)c3ccc4c(C)n(C)nc4c3)n2)cc1-c1nc2c(C(N)=O)cccc2[nH]1. The van der Waals surface area contributed by atoms with Crippen LogP contribution in [0.25, 0.3) is 33.3 Å². The average molecular weight is 518 g/mol. The molecule has 0 atom stereocenters. The molecule has 1 amide bonds. The fourth-order valence-electron chi connectivity index (χ4n) is 4.70. The second kappa shape index (κ2) is 9.25. The van der Waals surface area contributed by atoms with Gasteiger partial charge in [-0.1, -0.05) is 12.1 Å². The van der Waals surface area contributed by atoms with Crippen molar-refractivity contribution >= 4 is 51.0 Å². The lowest BCUT2D eigenvalue weighted by molar-refractivity contribution is 0.100. The maximum atomic E-state index is 11.9. The minimum atomic E-state index is -0.511. The molecule has 0 saturated heterocycles. The number of amides is 1. The monoisotopic (exact) mass is 517 g/mol. The fraction of sp³-hybridized carbons (Fsp3) is 0.138. The number of primary amides is 1. The summed E-state index contributed by atoms with van der Waals surface area (Å²) in [5.74, 6) is 1.34. The van der Waals surface area contributed by atoms with Crippen molar-refractivity contribution in [2.75, 3.05) is 17.3 Å². The molecule has 3 heterocycles. The standard InChI is InChI=1S/C29H27N9O/c1-16-8-9-18(14-22(16)28-33-23-7-5-6-21(27(30)39)26(23)35-28)32-29-31-13-12-25(34-29)37(3)19-10-11-20-17(2)38(4)36-24(20)15-19/h5-15H,1-4H3,(H2,30,39)(H,33,35)(H,31,32,34). The second-order valence-corrected chi connectivity index (χ2v) is 9.51. The summed E-state index contributed by atoms with van der Waals surface area (Å²) in [4.78, 5) is 31.0. The van der Waals surface area contributed by atoms with Crippen molar-refractivity contribution in [1.29, 1.82) is 0 Å². The van der Waals surface area contributed by atoms with E-state index in [2.05, 4.69) is 50.5 Å². The lowest BCUT2D eigenvalue weighted by atomic mass is 10.1. The van der Waals surface area contributed by atoms with Gasteiger partial charge in [-0.3, -0.25) is 9.48 Å². The Morgan fingerprint density at radius 3 is 2.72 bits per heavy atom. The van der Waals surface area contributed by atoms with E-state index in [0.29, 0.717) is 22.9 Å². The number of rotatable bonds is 6. The number of carbonyl (C=O) groups is 1. The van der Waals surface area contributed by atoms with Gasteiger partial charge in [0.15, 0.2) is 0 Å². The Morgan fingerprint density at radius 2 is 1.90 bits per heavy atom. The summed E-state index contributed by atoms with van der Waals surface area (Å²) in [5, 5.41) is 9.05. The Labute approximate surface area is 224 Å². The Hall–Kier alpha value is -5.25. The highest BCUT2D eigenvalue weighted by atomic mass is 16.1. The number of anilines is 4. The van der Waals surface area contributed by atoms with Crippen molar-refractivity contribution in [3.63, 3.8) is 0 Å². The number of benzene rings is 3. The molecule has 6 rings (SSSR count). The molecule has 0 aliphatic heterocycles. The van der Waals surface area contributed by atoms with Crippen LogP contribution in [0.15, 0.2) is 66.9 Å². The minimum Gasteiger partial charge on any atom is -0.366 e. The molecule has 194 valence electrons. The van der Waals surface area contributed by atoms with Gasteiger partial charge in [-0.2, -0.15) is 10.1 Å². The first-order chi connectivity index (χ1) is 18.8. The van der Waals surface area contributed by atoms with Gasteiger partial charge in [-0.25, -0.2) is 9.97 Å². The number of nitrogens with zero attached hydrogens (tertiary/aromatic N) is 6. The topological polar surface area (TPSA) is 131 Å².